The zero-order valence-corrected chi connectivity index (χ0v) is 9.86. The molecule has 1 unspecified atom stereocenters. The molecule has 0 amide bonds. The summed E-state index contributed by atoms with van der Waals surface area (Å²) in [7, 11) is 0. The minimum atomic E-state index is 0.513. The summed E-state index contributed by atoms with van der Waals surface area (Å²) in [5.74, 6) is 0. The lowest BCUT2D eigenvalue weighted by atomic mass is 9.70. The molecule has 1 atom stereocenters. The zero-order valence-electron chi connectivity index (χ0n) is 9.05. The van der Waals surface area contributed by atoms with Crippen LogP contribution in [0.25, 0.3) is 0 Å². The lowest BCUT2D eigenvalue weighted by Crippen LogP contribution is -2.38. The van der Waals surface area contributed by atoms with Crippen LogP contribution in [-0.2, 0) is 0 Å². The molecular formula is C12H19NS. The molecule has 1 aromatic heterocycles. The van der Waals surface area contributed by atoms with Crippen LogP contribution < -0.4 is 5.32 Å². The maximum Gasteiger partial charge on any atom is 0.0300 e. The summed E-state index contributed by atoms with van der Waals surface area (Å²) in [4.78, 5) is 0. The third-order valence-electron chi connectivity index (χ3n) is 3.44. The molecule has 1 saturated carbocycles. The number of nitrogens with one attached hydrogen (secondary N) is 1. The van der Waals surface area contributed by atoms with Crippen LogP contribution in [-0.4, -0.2) is 6.54 Å². The molecule has 0 bridgehead atoms. The summed E-state index contributed by atoms with van der Waals surface area (Å²) in [6.07, 6.45) is 4.22. The first-order valence-electron chi connectivity index (χ1n) is 5.45. The first-order chi connectivity index (χ1) is 6.70. The first kappa shape index (κ1) is 10.2. The van der Waals surface area contributed by atoms with Crippen LogP contribution in [0.4, 0.5) is 0 Å². The van der Waals surface area contributed by atoms with Crippen LogP contribution in [0.15, 0.2) is 16.8 Å². The molecule has 1 aliphatic rings. The molecule has 78 valence electrons. The topological polar surface area (TPSA) is 12.0 Å². The van der Waals surface area contributed by atoms with Gasteiger partial charge in [-0.2, -0.15) is 11.3 Å². The minimum Gasteiger partial charge on any atom is -0.310 e. The van der Waals surface area contributed by atoms with E-state index < -0.39 is 0 Å². The largest absolute Gasteiger partial charge is 0.310 e. The number of hydrogen-bond donors (Lipinski definition) is 1. The van der Waals surface area contributed by atoms with Crippen molar-refractivity contribution in [1.29, 1.82) is 0 Å². The monoisotopic (exact) mass is 209 g/mol. The van der Waals surface area contributed by atoms with Gasteiger partial charge in [0.2, 0.25) is 0 Å². The molecule has 1 fully saturated rings. The van der Waals surface area contributed by atoms with Crippen molar-refractivity contribution in [2.45, 2.75) is 39.2 Å². The summed E-state index contributed by atoms with van der Waals surface area (Å²) in [6, 6.07) is 2.73. The van der Waals surface area contributed by atoms with Gasteiger partial charge in [-0.1, -0.05) is 13.3 Å². The summed E-state index contributed by atoms with van der Waals surface area (Å²) in [5.41, 5.74) is 2.02. The van der Waals surface area contributed by atoms with E-state index in [9.17, 15) is 0 Å². The Morgan fingerprint density at radius 2 is 2.36 bits per heavy atom. The Bertz CT molecular complexity index is 275. The quantitative estimate of drug-likeness (QED) is 0.799. The van der Waals surface area contributed by atoms with Crippen molar-refractivity contribution in [3.8, 4) is 0 Å². The van der Waals surface area contributed by atoms with E-state index in [-0.39, 0.29) is 0 Å². The van der Waals surface area contributed by atoms with Gasteiger partial charge in [-0.25, -0.2) is 0 Å². The Balaban J connectivity index is 1.80. The standard InChI is InChI=1S/C12H19NS/c1-10(11-4-7-14-8-11)13-9-12(2)5-3-6-12/h4,7-8,10,13H,3,5-6,9H2,1-2H3. The molecule has 0 aromatic carbocycles. The summed E-state index contributed by atoms with van der Waals surface area (Å²) >= 11 is 1.78. The molecule has 1 aromatic rings. The van der Waals surface area contributed by atoms with Crippen molar-refractivity contribution in [1.82, 2.24) is 5.32 Å². The first-order valence-corrected chi connectivity index (χ1v) is 6.39. The van der Waals surface area contributed by atoms with E-state index in [4.69, 9.17) is 0 Å². The Morgan fingerprint density at radius 1 is 1.57 bits per heavy atom. The zero-order chi connectivity index (χ0) is 10.0. The highest BCUT2D eigenvalue weighted by molar-refractivity contribution is 7.07. The molecular weight excluding hydrogens is 190 g/mol. The van der Waals surface area contributed by atoms with Gasteiger partial charge in [0, 0.05) is 12.6 Å². The molecule has 0 saturated heterocycles. The van der Waals surface area contributed by atoms with Crippen molar-refractivity contribution < 1.29 is 0 Å². The fraction of sp³-hybridized carbons (Fsp3) is 0.667. The minimum absolute atomic E-state index is 0.513. The van der Waals surface area contributed by atoms with Crippen LogP contribution in [0, 0.1) is 5.41 Å². The number of hydrogen-bond acceptors (Lipinski definition) is 2. The fourth-order valence-corrected chi connectivity index (χ4v) is 2.75. The van der Waals surface area contributed by atoms with E-state index in [0.717, 1.165) is 0 Å². The SMILES string of the molecule is CC(NCC1(C)CCC1)c1ccsc1. The van der Waals surface area contributed by atoms with Gasteiger partial charge in [0.05, 0.1) is 0 Å². The molecule has 2 heteroatoms. The van der Waals surface area contributed by atoms with Crippen LogP contribution in [0.2, 0.25) is 0 Å². The Morgan fingerprint density at radius 3 is 2.86 bits per heavy atom. The number of rotatable bonds is 4. The van der Waals surface area contributed by atoms with Crippen LogP contribution in [0.1, 0.15) is 44.7 Å². The Labute approximate surface area is 90.5 Å². The summed E-state index contributed by atoms with van der Waals surface area (Å²) in [5, 5.41) is 8.02. The molecule has 1 heterocycles. The number of thiophene rings is 1. The van der Waals surface area contributed by atoms with Crippen molar-refractivity contribution in [2.24, 2.45) is 5.41 Å². The van der Waals surface area contributed by atoms with Crippen molar-refractivity contribution >= 4 is 11.3 Å². The molecule has 0 spiro atoms. The van der Waals surface area contributed by atoms with Crippen molar-refractivity contribution in [2.75, 3.05) is 6.54 Å². The summed E-state index contributed by atoms with van der Waals surface area (Å²) < 4.78 is 0. The highest BCUT2D eigenvalue weighted by Gasteiger charge is 2.31. The molecule has 0 radical (unpaired) electrons. The van der Waals surface area contributed by atoms with Crippen molar-refractivity contribution in [3.05, 3.63) is 22.4 Å². The lowest BCUT2D eigenvalue weighted by Gasteiger charge is -2.39. The third kappa shape index (κ3) is 2.18. The van der Waals surface area contributed by atoms with Gasteiger partial charge < -0.3 is 5.32 Å². The van der Waals surface area contributed by atoms with Gasteiger partial charge in [-0.05, 0) is 47.6 Å². The molecule has 0 aliphatic heterocycles. The second-order valence-corrected chi connectivity index (χ2v) is 5.60. The average molecular weight is 209 g/mol. The van der Waals surface area contributed by atoms with Crippen molar-refractivity contribution in [3.63, 3.8) is 0 Å². The second kappa shape index (κ2) is 4.03. The van der Waals surface area contributed by atoms with Gasteiger partial charge in [-0.3, -0.25) is 0 Å². The van der Waals surface area contributed by atoms with Gasteiger partial charge in [-0.15, -0.1) is 0 Å². The molecule has 1 aliphatic carbocycles. The highest BCUT2D eigenvalue weighted by atomic mass is 32.1. The van der Waals surface area contributed by atoms with Gasteiger partial charge in [0.25, 0.3) is 0 Å². The van der Waals surface area contributed by atoms with Crippen LogP contribution >= 0.6 is 11.3 Å². The Kier molecular flexibility index (Phi) is 2.93. The highest BCUT2D eigenvalue weighted by Crippen LogP contribution is 2.39. The average Bonchev–Trinajstić information content (AvgIpc) is 2.63. The van der Waals surface area contributed by atoms with E-state index in [1.54, 1.807) is 11.3 Å². The van der Waals surface area contributed by atoms with E-state index >= 15 is 0 Å². The lowest BCUT2D eigenvalue weighted by molar-refractivity contribution is 0.152. The smallest absolute Gasteiger partial charge is 0.0300 e. The van der Waals surface area contributed by atoms with Crippen LogP contribution in [0.3, 0.4) is 0 Å². The normalized spacial score (nSPS) is 21.6. The van der Waals surface area contributed by atoms with Gasteiger partial charge >= 0.3 is 0 Å². The van der Waals surface area contributed by atoms with Crippen LogP contribution in [0.5, 0.6) is 0 Å². The molecule has 1 N–H and O–H groups in total. The summed E-state index contributed by atoms with van der Waals surface area (Å²) in [6.45, 7) is 5.82. The maximum atomic E-state index is 3.63. The van der Waals surface area contributed by atoms with E-state index in [2.05, 4.69) is 36.0 Å². The predicted octanol–water partition coefficient (Wildman–Crippen LogP) is 3.59. The molecule has 1 nitrogen and oxygen atoms in total. The van der Waals surface area contributed by atoms with Gasteiger partial charge in [0.15, 0.2) is 0 Å². The fourth-order valence-electron chi connectivity index (χ4n) is 2.00. The molecule has 14 heavy (non-hydrogen) atoms. The Hall–Kier alpha value is -0.340. The molecule has 2 rings (SSSR count). The van der Waals surface area contributed by atoms with Gasteiger partial charge in [0.1, 0.15) is 0 Å². The van der Waals surface area contributed by atoms with E-state index in [1.807, 2.05) is 0 Å². The van der Waals surface area contributed by atoms with E-state index in [0.29, 0.717) is 11.5 Å². The third-order valence-corrected chi connectivity index (χ3v) is 4.14. The maximum absolute atomic E-state index is 3.63. The second-order valence-electron chi connectivity index (χ2n) is 4.82. The van der Waals surface area contributed by atoms with E-state index in [1.165, 1.54) is 31.4 Å². The predicted molar refractivity (Wildman–Crippen MR) is 62.7 cm³/mol.